The van der Waals surface area contributed by atoms with Gasteiger partial charge in [0, 0.05) is 25.7 Å². The SMILES string of the molecule is CCC(CN1CCOCC1)N(C)C. The fraction of sp³-hybridized carbons (Fsp3) is 1.00. The van der Waals surface area contributed by atoms with Crippen LogP contribution in [0.25, 0.3) is 0 Å². The molecule has 1 heterocycles. The van der Waals surface area contributed by atoms with Gasteiger partial charge in [0.2, 0.25) is 0 Å². The van der Waals surface area contributed by atoms with Crippen LogP contribution in [0.15, 0.2) is 0 Å². The number of hydrogen-bond acceptors (Lipinski definition) is 3. The molecular formula is C10H22N2O. The van der Waals surface area contributed by atoms with Crippen LogP contribution in [0.1, 0.15) is 13.3 Å². The van der Waals surface area contributed by atoms with Crippen molar-refractivity contribution in [2.24, 2.45) is 0 Å². The molecule has 0 aromatic rings. The van der Waals surface area contributed by atoms with E-state index in [-0.39, 0.29) is 0 Å². The molecule has 0 aromatic carbocycles. The van der Waals surface area contributed by atoms with Crippen LogP contribution in [0.2, 0.25) is 0 Å². The smallest absolute Gasteiger partial charge is 0.0594 e. The predicted molar refractivity (Wildman–Crippen MR) is 55.0 cm³/mol. The molecule has 1 fully saturated rings. The van der Waals surface area contributed by atoms with Crippen molar-refractivity contribution in [3.8, 4) is 0 Å². The predicted octanol–water partition coefficient (Wildman–Crippen LogP) is 0.659. The van der Waals surface area contributed by atoms with Crippen molar-refractivity contribution in [1.29, 1.82) is 0 Å². The minimum absolute atomic E-state index is 0.693. The van der Waals surface area contributed by atoms with Gasteiger partial charge in [0.25, 0.3) is 0 Å². The molecule has 1 saturated heterocycles. The summed E-state index contributed by atoms with van der Waals surface area (Å²) in [7, 11) is 4.32. The molecule has 0 amide bonds. The van der Waals surface area contributed by atoms with Crippen LogP contribution < -0.4 is 0 Å². The fourth-order valence-electron chi connectivity index (χ4n) is 1.74. The summed E-state index contributed by atoms with van der Waals surface area (Å²) in [5.41, 5.74) is 0. The molecule has 0 bridgehead atoms. The van der Waals surface area contributed by atoms with Gasteiger partial charge in [0.1, 0.15) is 0 Å². The third-order valence-corrected chi connectivity index (χ3v) is 2.77. The van der Waals surface area contributed by atoms with E-state index in [0.29, 0.717) is 6.04 Å². The Morgan fingerprint density at radius 2 is 1.92 bits per heavy atom. The average molecular weight is 186 g/mol. The maximum Gasteiger partial charge on any atom is 0.0594 e. The third kappa shape index (κ3) is 3.63. The zero-order valence-corrected chi connectivity index (χ0v) is 9.12. The Hall–Kier alpha value is -0.120. The molecule has 13 heavy (non-hydrogen) atoms. The van der Waals surface area contributed by atoms with E-state index in [1.807, 2.05) is 0 Å². The summed E-state index contributed by atoms with van der Waals surface area (Å²) < 4.78 is 5.32. The quantitative estimate of drug-likeness (QED) is 0.641. The van der Waals surface area contributed by atoms with Gasteiger partial charge in [-0.15, -0.1) is 0 Å². The molecule has 0 spiro atoms. The van der Waals surface area contributed by atoms with E-state index in [4.69, 9.17) is 4.74 Å². The Morgan fingerprint density at radius 3 is 2.38 bits per heavy atom. The van der Waals surface area contributed by atoms with E-state index in [2.05, 4.69) is 30.8 Å². The summed E-state index contributed by atoms with van der Waals surface area (Å²) in [6.07, 6.45) is 1.23. The minimum atomic E-state index is 0.693. The molecule has 0 N–H and O–H groups in total. The standard InChI is InChI=1S/C10H22N2O/c1-4-10(11(2)3)9-12-5-7-13-8-6-12/h10H,4-9H2,1-3H3. The Balaban J connectivity index is 2.27. The van der Waals surface area contributed by atoms with Crippen LogP contribution in [-0.2, 0) is 4.74 Å². The van der Waals surface area contributed by atoms with Crippen molar-refractivity contribution in [3.05, 3.63) is 0 Å². The first-order valence-corrected chi connectivity index (χ1v) is 5.20. The molecule has 3 nitrogen and oxygen atoms in total. The minimum Gasteiger partial charge on any atom is -0.379 e. The second kappa shape index (κ2) is 5.58. The van der Waals surface area contributed by atoms with E-state index in [0.717, 1.165) is 26.3 Å². The van der Waals surface area contributed by atoms with Gasteiger partial charge in [-0.05, 0) is 20.5 Å². The van der Waals surface area contributed by atoms with Crippen LogP contribution in [-0.4, -0.2) is 62.8 Å². The topological polar surface area (TPSA) is 15.7 Å². The number of likely N-dealkylation sites (N-methyl/N-ethyl adjacent to an activating group) is 1. The molecule has 1 aliphatic heterocycles. The van der Waals surface area contributed by atoms with Crippen LogP contribution in [0.3, 0.4) is 0 Å². The summed E-state index contributed by atoms with van der Waals surface area (Å²) in [4.78, 5) is 4.81. The molecule has 0 radical (unpaired) electrons. The van der Waals surface area contributed by atoms with Crippen LogP contribution in [0.5, 0.6) is 0 Å². The molecular weight excluding hydrogens is 164 g/mol. The number of morpholine rings is 1. The highest BCUT2D eigenvalue weighted by Crippen LogP contribution is 2.04. The molecule has 1 unspecified atom stereocenters. The van der Waals surface area contributed by atoms with Crippen molar-refractivity contribution in [2.75, 3.05) is 46.9 Å². The number of rotatable bonds is 4. The lowest BCUT2D eigenvalue weighted by Gasteiger charge is -2.32. The van der Waals surface area contributed by atoms with Crippen LogP contribution in [0, 0.1) is 0 Å². The lowest BCUT2D eigenvalue weighted by molar-refractivity contribution is 0.0267. The van der Waals surface area contributed by atoms with Crippen LogP contribution >= 0.6 is 0 Å². The lowest BCUT2D eigenvalue weighted by Crippen LogP contribution is -2.44. The van der Waals surface area contributed by atoms with Gasteiger partial charge in [-0.25, -0.2) is 0 Å². The Labute approximate surface area is 81.7 Å². The van der Waals surface area contributed by atoms with Gasteiger partial charge >= 0.3 is 0 Å². The first kappa shape index (κ1) is 11.0. The van der Waals surface area contributed by atoms with Crippen molar-refractivity contribution >= 4 is 0 Å². The molecule has 1 atom stereocenters. The molecule has 0 aliphatic carbocycles. The summed E-state index contributed by atoms with van der Waals surface area (Å²) in [6.45, 7) is 7.46. The van der Waals surface area contributed by atoms with E-state index >= 15 is 0 Å². The van der Waals surface area contributed by atoms with Gasteiger partial charge in [0.15, 0.2) is 0 Å². The zero-order chi connectivity index (χ0) is 9.68. The Kier molecular flexibility index (Phi) is 4.70. The van der Waals surface area contributed by atoms with Gasteiger partial charge in [0.05, 0.1) is 13.2 Å². The molecule has 1 rings (SSSR count). The van der Waals surface area contributed by atoms with E-state index < -0.39 is 0 Å². The van der Waals surface area contributed by atoms with Gasteiger partial charge in [-0.3, -0.25) is 4.90 Å². The highest BCUT2D eigenvalue weighted by molar-refractivity contribution is 4.71. The van der Waals surface area contributed by atoms with Crippen molar-refractivity contribution in [1.82, 2.24) is 9.80 Å². The summed E-state index contributed by atoms with van der Waals surface area (Å²) in [5, 5.41) is 0. The largest absolute Gasteiger partial charge is 0.379 e. The summed E-state index contributed by atoms with van der Waals surface area (Å²) >= 11 is 0. The second-order valence-electron chi connectivity index (χ2n) is 3.94. The highest BCUT2D eigenvalue weighted by Gasteiger charge is 2.16. The normalized spacial score (nSPS) is 22.2. The number of hydrogen-bond donors (Lipinski definition) is 0. The van der Waals surface area contributed by atoms with Gasteiger partial charge in [-0.1, -0.05) is 6.92 Å². The maximum absolute atomic E-state index is 5.32. The Bertz CT molecular complexity index is 133. The average Bonchev–Trinajstić information content (AvgIpc) is 2.15. The van der Waals surface area contributed by atoms with E-state index in [1.54, 1.807) is 0 Å². The first-order chi connectivity index (χ1) is 6.24. The molecule has 78 valence electrons. The van der Waals surface area contributed by atoms with E-state index in [9.17, 15) is 0 Å². The molecule has 1 aliphatic rings. The lowest BCUT2D eigenvalue weighted by atomic mass is 10.2. The van der Waals surface area contributed by atoms with E-state index in [1.165, 1.54) is 13.0 Å². The summed E-state index contributed by atoms with van der Waals surface area (Å²) in [5.74, 6) is 0. The van der Waals surface area contributed by atoms with Crippen molar-refractivity contribution < 1.29 is 4.74 Å². The van der Waals surface area contributed by atoms with Crippen molar-refractivity contribution in [2.45, 2.75) is 19.4 Å². The monoisotopic (exact) mass is 186 g/mol. The molecule has 3 heteroatoms. The van der Waals surface area contributed by atoms with Gasteiger partial charge < -0.3 is 9.64 Å². The first-order valence-electron chi connectivity index (χ1n) is 5.20. The van der Waals surface area contributed by atoms with Crippen molar-refractivity contribution in [3.63, 3.8) is 0 Å². The molecule has 0 aromatic heterocycles. The van der Waals surface area contributed by atoms with Gasteiger partial charge in [-0.2, -0.15) is 0 Å². The summed E-state index contributed by atoms with van der Waals surface area (Å²) in [6, 6.07) is 0.693. The second-order valence-corrected chi connectivity index (χ2v) is 3.94. The number of nitrogens with zero attached hydrogens (tertiary/aromatic N) is 2. The third-order valence-electron chi connectivity index (χ3n) is 2.77. The zero-order valence-electron chi connectivity index (χ0n) is 9.12. The maximum atomic E-state index is 5.32. The van der Waals surface area contributed by atoms with Crippen LogP contribution in [0.4, 0.5) is 0 Å². The fourth-order valence-corrected chi connectivity index (χ4v) is 1.74. The number of ether oxygens (including phenoxy) is 1. The molecule has 0 saturated carbocycles. The highest BCUT2D eigenvalue weighted by atomic mass is 16.5. The Morgan fingerprint density at radius 1 is 1.31 bits per heavy atom.